The number of carbonyl (C=O) groups is 1. The fraction of sp³-hybridized carbons (Fsp3) is 0.100. The summed E-state index contributed by atoms with van der Waals surface area (Å²) < 4.78 is 7.34. The molecule has 30 heavy (non-hydrogen) atoms. The van der Waals surface area contributed by atoms with Crippen molar-refractivity contribution in [2.24, 2.45) is 0 Å². The molecule has 0 atom stereocenters. The molecule has 3 aromatic heterocycles. The lowest BCUT2D eigenvalue weighted by Gasteiger charge is -2.09. The van der Waals surface area contributed by atoms with Crippen molar-refractivity contribution in [1.82, 2.24) is 19.7 Å². The number of hydrogen-bond acceptors (Lipinski definition) is 6. The Morgan fingerprint density at radius 1 is 1.13 bits per heavy atom. The monoisotopic (exact) mass is 459 g/mol. The Bertz CT molecular complexity index is 1150. The third kappa shape index (κ3) is 4.84. The van der Waals surface area contributed by atoms with Crippen LogP contribution in [0.3, 0.4) is 0 Å². The number of benzene rings is 1. The summed E-state index contributed by atoms with van der Waals surface area (Å²) in [5.74, 6) is 1.20. The van der Waals surface area contributed by atoms with Crippen LogP contribution in [0, 0.1) is 0 Å². The minimum atomic E-state index is -0.240. The molecule has 3 heterocycles. The van der Waals surface area contributed by atoms with Gasteiger partial charge in [-0.25, -0.2) is 0 Å². The summed E-state index contributed by atoms with van der Waals surface area (Å²) in [5.41, 5.74) is 1.14. The van der Waals surface area contributed by atoms with Crippen molar-refractivity contribution in [2.45, 2.75) is 11.7 Å². The van der Waals surface area contributed by atoms with E-state index in [0.717, 1.165) is 5.76 Å². The number of nitrogens with one attached hydrogen (secondary N) is 1. The topological polar surface area (TPSA) is 85.8 Å². The van der Waals surface area contributed by atoms with Gasteiger partial charge in [0, 0.05) is 11.2 Å². The molecule has 1 amide bonds. The van der Waals surface area contributed by atoms with Crippen LogP contribution in [0.15, 0.2) is 70.6 Å². The zero-order valence-corrected chi connectivity index (χ0v) is 17.8. The molecule has 4 rings (SSSR count). The summed E-state index contributed by atoms with van der Waals surface area (Å²) in [6.07, 6.45) is 3.30. The standard InChI is InChI=1S/C20H15Cl2N5O2S/c21-13-6-7-15(22)17(10-13)24-18(28)12-30-20-26-25-19(16-5-1-2-8-23-16)27(20)11-14-4-3-9-29-14/h1-10H,11-12H2,(H,24,28). The number of pyridine rings is 1. The second-order valence-corrected chi connectivity index (χ2v) is 7.93. The van der Waals surface area contributed by atoms with Gasteiger partial charge in [0.25, 0.3) is 0 Å². The maximum Gasteiger partial charge on any atom is 0.234 e. The van der Waals surface area contributed by atoms with Crippen molar-refractivity contribution in [3.63, 3.8) is 0 Å². The molecule has 0 aliphatic rings. The van der Waals surface area contributed by atoms with Gasteiger partial charge in [-0.3, -0.25) is 14.3 Å². The van der Waals surface area contributed by atoms with Gasteiger partial charge in [-0.15, -0.1) is 10.2 Å². The fourth-order valence-electron chi connectivity index (χ4n) is 2.69. The first kappa shape index (κ1) is 20.5. The van der Waals surface area contributed by atoms with E-state index >= 15 is 0 Å². The summed E-state index contributed by atoms with van der Waals surface area (Å²) in [4.78, 5) is 16.8. The van der Waals surface area contributed by atoms with E-state index in [1.54, 1.807) is 30.7 Å². The average molecular weight is 460 g/mol. The first-order chi connectivity index (χ1) is 14.6. The molecule has 0 fully saturated rings. The molecule has 7 nitrogen and oxygen atoms in total. The van der Waals surface area contributed by atoms with Gasteiger partial charge in [-0.2, -0.15) is 0 Å². The Kier molecular flexibility index (Phi) is 6.37. The number of aromatic nitrogens is 4. The maximum absolute atomic E-state index is 12.4. The third-order valence-corrected chi connectivity index (χ3v) is 5.57. The van der Waals surface area contributed by atoms with Crippen molar-refractivity contribution >= 4 is 46.6 Å². The average Bonchev–Trinajstić information content (AvgIpc) is 3.40. The predicted octanol–water partition coefficient (Wildman–Crippen LogP) is 5.02. The summed E-state index contributed by atoms with van der Waals surface area (Å²) in [5, 5.41) is 12.8. The van der Waals surface area contributed by atoms with Gasteiger partial charge in [-0.1, -0.05) is 41.0 Å². The SMILES string of the molecule is O=C(CSc1nnc(-c2ccccn2)n1Cc1ccco1)Nc1cc(Cl)ccc1Cl. The van der Waals surface area contributed by atoms with E-state index in [-0.39, 0.29) is 11.7 Å². The summed E-state index contributed by atoms with van der Waals surface area (Å²) in [6, 6.07) is 14.1. The lowest BCUT2D eigenvalue weighted by Crippen LogP contribution is -2.15. The van der Waals surface area contributed by atoms with E-state index in [9.17, 15) is 4.79 Å². The van der Waals surface area contributed by atoms with E-state index in [1.807, 2.05) is 34.9 Å². The highest BCUT2D eigenvalue weighted by Crippen LogP contribution is 2.27. The molecular formula is C20H15Cl2N5O2S. The molecule has 0 saturated carbocycles. The Labute approximate surface area is 186 Å². The molecule has 0 unspecified atom stereocenters. The molecular weight excluding hydrogens is 445 g/mol. The Hall–Kier alpha value is -2.81. The lowest BCUT2D eigenvalue weighted by atomic mass is 10.3. The molecule has 0 spiro atoms. The summed E-state index contributed by atoms with van der Waals surface area (Å²) in [6.45, 7) is 0.413. The van der Waals surface area contributed by atoms with E-state index in [1.165, 1.54) is 11.8 Å². The molecule has 1 aromatic carbocycles. The lowest BCUT2D eigenvalue weighted by molar-refractivity contribution is -0.113. The minimum Gasteiger partial charge on any atom is -0.467 e. The third-order valence-electron chi connectivity index (χ3n) is 4.04. The normalized spacial score (nSPS) is 10.9. The van der Waals surface area contributed by atoms with Crippen molar-refractivity contribution in [2.75, 3.05) is 11.1 Å². The minimum absolute atomic E-state index is 0.112. The molecule has 10 heteroatoms. The highest BCUT2D eigenvalue weighted by Gasteiger charge is 2.18. The van der Waals surface area contributed by atoms with Crippen molar-refractivity contribution in [1.29, 1.82) is 0 Å². The molecule has 1 N–H and O–H groups in total. The van der Waals surface area contributed by atoms with Crippen LogP contribution in [-0.4, -0.2) is 31.4 Å². The molecule has 152 valence electrons. The highest BCUT2D eigenvalue weighted by atomic mass is 35.5. The van der Waals surface area contributed by atoms with E-state index in [2.05, 4.69) is 20.5 Å². The number of rotatable bonds is 7. The van der Waals surface area contributed by atoms with Crippen LogP contribution in [0.1, 0.15) is 5.76 Å². The van der Waals surface area contributed by atoms with E-state index in [4.69, 9.17) is 27.6 Å². The smallest absolute Gasteiger partial charge is 0.234 e. The first-order valence-electron chi connectivity index (χ1n) is 8.85. The second-order valence-electron chi connectivity index (χ2n) is 6.15. The molecule has 0 aliphatic carbocycles. The first-order valence-corrected chi connectivity index (χ1v) is 10.6. The highest BCUT2D eigenvalue weighted by molar-refractivity contribution is 7.99. The van der Waals surface area contributed by atoms with Crippen LogP contribution in [-0.2, 0) is 11.3 Å². The number of anilines is 1. The van der Waals surface area contributed by atoms with Crippen molar-refractivity contribution < 1.29 is 9.21 Å². The van der Waals surface area contributed by atoms with Gasteiger partial charge in [0.2, 0.25) is 5.91 Å². The zero-order valence-electron chi connectivity index (χ0n) is 15.5. The van der Waals surface area contributed by atoms with Gasteiger partial charge in [0.15, 0.2) is 11.0 Å². The number of halogens is 2. The van der Waals surface area contributed by atoms with Crippen molar-refractivity contribution in [3.05, 3.63) is 76.8 Å². The number of amides is 1. The number of carbonyl (C=O) groups excluding carboxylic acids is 1. The van der Waals surface area contributed by atoms with Crippen LogP contribution >= 0.6 is 35.0 Å². The Morgan fingerprint density at radius 2 is 2.03 bits per heavy atom. The van der Waals surface area contributed by atoms with Crippen LogP contribution in [0.4, 0.5) is 5.69 Å². The summed E-state index contributed by atoms with van der Waals surface area (Å²) >= 11 is 13.3. The summed E-state index contributed by atoms with van der Waals surface area (Å²) in [7, 11) is 0. The number of nitrogens with zero attached hydrogens (tertiary/aromatic N) is 4. The molecule has 4 aromatic rings. The van der Waals surface area contributed by atoms with Gasteiger partial charge < -0.3 is 9.73 Å². The maximum atomic E-state index is 12.4. The molecule has 0 aliphatic heterocycles. The van der Waals surface area contributed by atoms with E-state index < -0.39 is 0 Å². The fourth-order valence-corrected chi connectivity index (χ4v) is 3.77. The van der Waals surface area contributed by atoms with Gasteiger partial charge >= 0.3 is 0 Å². The zero-order chi connectivity index (χ0) is 20.9. The van der Waals surface area contributed by atoms with Gasteiger partial charge in [-0.05, 0) is 42.5 Å². The van der Waals surface area contributed by atoms with Crippen LogP contribution < -0.4 is 5.32 Å². The van der Waals surface area contributed by atoms with Crippen LogP contribution in [0.25, 0.3) is 11.5 Å². The predicted molar refractivity (Wildman–Crippen MR) is 117 cm³/mol. The van der Waals surface area contributed by atoms with Gasteiger partial charge in [0.05, 0.1) is 29.3 Å². The number of thioether (sulfide) groups is 1. The number of furan rings is 1. The van der Waals surface area contributed by atoms with Crippen molar-refractivity contribution in [3.8, 4) is 11.5 Å². The molecule has 0 saturated heterocycles. The molecule has 0 radical (unpaired) electrons. The van der Waals surface area contributed by atoms with Gasteiger partial charge in [0.1, 0.15) is 11.5 Å². The second kappa shape index (κ2) is 9.34. The molecule has 0 bridgehead atoms. The number of hydrogen-bond donors (Lipinski definition) is 1. The quantitative estimate of drug-likeness (QED) is 0.390. The van der Waals surface area contributed by atoms with E-state index in [0.29, 0.717) is 39.0 Å². The van der Waals surface area contributed by atoms with Crippen LogP contribution in [0.2, 0.25) is 10.0 Å². The Balaban J connectivity index is 1.52. The largest absolute Gasteiger partial charge is 0.467 e. The van der Waals surface area contributed by atoms with Crippen LogP contribution in [0.5, 0.6) is 0 Å². The Morgan fingerprint density at radius 3 is 2.80 bits per heavy atom.